The van der Waals surface area contributed by atoms with Crippen LogP contribution >= 0.6 is 0 Å². The average molecular weight is 554 g/mol. The van der Waals surface area contributed by atoms with E-state index in [-0.39, 0.29) is 0 Å². The van der Waals surface area contributed by atoms with Gasteiger partial charge in [-0.05, 0) is 0 Å². The Morgan fingerprint density at radius 2 is 0.625 bits per heavy atom. The van der Waals surface area contributed by atoms with E-state index in [4.69, 9.17) is 0 Å². The molecule has 0 saturated heterocycles. The summed E-state index contributed by atoms with van der Waals surface area (Å²) in [6, 6.07) is 0. The van der Waals surface area contributed by atoms with Gasteiger partial charge in [0.1, 0.15) is 13.4 Å². The summed E-state index contributed by atoms with van der Waals surface area (Å²) in [4.78, 5) is 0. The van der Waals surface area contributed by atoms with Crippen LogP contribution in [0.15, 0.2) is 0 Å². The van der Waals surface area contributed by atoms with Crippen molar-refractivity contribution in [3.63, 3.8) is 0 Å². The Kier molecular flexibility index (Phi) is 6.68. The zero-order chi connectivity index (χ0) is 27.0. The van der Waals surface area contributed by atoms with Crippen LogP contribution in [0.4, 0.5) is 88.1 Å². The number of alkyl halides is 17. The first kappa shape index (κ1) is 30.5. The van der Waals surface area contributed by atoms with E-state index in [9.17, 15) is 96.5 Å². The number of hydrogen-bond acceptors (Lipinski definition) is 2. The summed E-state index contributed by atoms with van der Waals surface area (Å²) in [6.07, 6.45) is -8.01. The fourth-order valence-corrected chi connectivity index (χ4v) is 2.15. The summed E-state index contributed by atoms with van der Waals surface area (Å²) in [5, 5.41) is -8.61. The predicted molar refractivity (Wildman–Crippen MR) is 53.2 cm³/mol. The van der Waals surface area contributed by atoms with Crippen LogP contribution in [-0.2, 0) is 10.0 Å². The van der Waals surface area contributed by atoms with Crippen molar-refractivity contribution < 1.29 is 101 Å². The van der Waals surface area contributed by atoms with Crippen molar-refractivity contribution in [2.45, 2.75) is 47.0 Å². The third kappa shape index (κ3) is 3.41. The van der Waals surface area contributed by atoms with Gasteiger partial charge in [0, 0.05) is 0 Å². The minimum atomic E-state index is -9.18. The topological polar surface area (TPSA) is 34.1 Å². The second-order valence-electron chi connectivity index (χ2n) is 5.33. The molecule has 24 heteroatoms. The van der Waals surface area contributed by atoms with Crippen LogP contribution in [0.1, 0.15) is 0 Å². The van der Waals surface area contributed by atoms with Crippen LogP contribution in [0.2, 0.25) is 0 Å². The maximum absolute atomic E-state index is 13.1. The molecule has 0 aromatic carbocycles. The monoisotopic (exact) mass is 554 g/mol. The molecule has 0 radical (unpaired) electrons. The van der Waals surface area contributed by atoms with Gasteiger partial charge in [-0.15, -0.1) is 0 Å². The molecule has 0 amide bonds. The summed E-state index contributed by atoms with van der Waals surface area (Å²) in [5.74, 6) is -53.7. The standard InChI is InChI=1S/C8F20NO2S/c9-1(10,3(13,14)5(17,18)7(21,22)23)2(11,12)4(15,16)6(19,20)8(24,25)32(30,31)29(26,27)28/q+1. The summed E-state index contributed by atoms with van der Waals surface area (Å²) in [7, 11) is -9.13. The molecule has 0 rings (SSSR count). The molecule has 0 aliphatic rings. The van der Waals surface area contributed by atoms with E-state index in [1.807, 2.05) is 0 Å². The first-order chi connectivity index (χ1) is 13.2. The Balaban J connectivity index is 7.07. The molecule has 0 aromatic heterocycles. The number of nitrogens with zero attached hydrogens (tertiary/aromatic N) is 1. The Hall–Kier alpha value is -1.49. The van der Waals surface area contributed by atoms with Crippen molar-refractivity contribution in [3.8, 4) is 0 Å². The summed E-state index contributed by atoms with van der Waals surface area (Å²) in [5.41, 5.74) is 0. The molecule has 0 spiro atoms. The van der Waals surface area contributed by atoms with Crippen LogP contribution in [0, 0.1) is 0 Å². The molecule has 194 valence electrons. The Morgan fingerprint density at radius 1 is 0.406 bits per heavy atom. The van der Waals surface area contributed by atoms with E-state index < -0.39 is 61.5 Å². The van der Waals surface area contributed by atoms with Crippen molar-refractivity contribution >= 4 is 10.0 Å². The zero-order valence-electron chi connectivity index (χ0n) is 13.2. The largest absolute Gasteiger partial charge is 0.481 e. The lowest BCUT2D eigenvalue weighted by Gasteiger charge is -2.42. The highest BCUT2D eigenvalue weighted by Crippen LogP contribution is 2.64. The first-order valence-corrected chi connectivity index (χ1v) is 7.63. The maximum atomic E-state index is 13.1. The highest BCUT2D eigenvalue weighted by Gasteiger charge is 2.97. The summed E-state index contributed by atoms with van der Waals surface area (Å²) < 4.78 is 266. The fourth-order valence-electron chi connectivity index (χ4n) is 1.44. The van der Waals surface area contributed by atoms with Gasteiger partial charge < -0.3 is 0 Å². The predicted octanol–water partition coefficient (Wildman–Crippen LogP) is 5.75. The first-order valence-electron chi connectivity index (χ1n) is 6.19. The Morgan fingerprint density at radius 3 is 0.844 bits per heavy atom. The van der Waals surface area contributed by atoms with Crippen LogP contribution in [0.5, 0.6) is 0 Å². The molecule has 0 saturated carbocycles. The Bertz CT molecular complexity index is 818. The molecule has 0 aromatic rings. The third-order valence-electron chi connectivity index (χ3n) is 3.29. The minimum absolute atomic E-state index is 6.99. The van der Waals surface area contributed by atoms with Gasteiger partial charge >= 0.3 is 61.5 Å². The normalized spacial score (nSPS) is 17.0. The van der Waals surface area contributed by atoms with E-state index in [0.717, 1.165) is 0 Å². The quantitative estimate of drug-likeness (QED) is 0.283. The van der Waals surface area contributed by atoms with E-state index in [0.29, 0.717) is 0 Å². The highest BCUT2D eigenvalue weighted by atomic mass is 32.2. The van der Waals surface area contributed by atoms with Gasteiger partial charge in [-0.25, -0.2) is 0 Å². The second-order valence-corrected chi connectivity index (χ2v) is 7.21. The van der Waals surface area contributed by atoms with Crippen LogP contribution < -0.4 is 0 Å². The van der Waals surface area contributed by atoms with Gasteiger partial charge in [-0.3, -0.25) is 0 Å². The smallest absolute Gasteiger partial charge is 0.192 e. The number of quaternary nitrogens is 1. The fraction of sp³-hybridized carbons (Fsp3) is 1.00. The Labute approximate surface area is 159 Å². The molecular weight excluding hydrogens is 554 g/mol. The lowest BCUT2D eigenvalue weighted by Crippen LogP contribution is -2.75. The summed E-state index contributed by atoms with van der Waals surface area (Å²) in [6.45, 7) is 0. The van der Waals surface area contributed by atoms with Crippen molar-refractivity contribution in [1.82, 2.24) is 0 Å². The van der Waals surface area contributed by atoms with Crippen molar-refractivity contribution in [1.29, 1.82) is 0 Å². The molecule has 0 fully saturated rings. The van der Waals surface area contributed by atoms with E-state index in [1.165, 1.54) is 0 Å². The van der Waals surface area contributed by atoms with Gasteiger partial charge in [-0.1, -0.05) is 0 Å². The number of sulfonamides is 1. The van der Waals surface area contributed by atoms with Gasteiger partial charge in [0.2, 0.25) is 0 Å². The van der Waals surface area contributed by atoms with E-state index in [2.05, 4.69) is 0 Å². The molecule has 32 heavy (non-hydrogen) atoms. The highest BCUT2D eigenvalue weighted by molar-refractivity contribution is 7.86. The average Bonchev–Trinajstić information content (AvgIpc) is 2.51. The molecule has 0 heterocycles. The molecule has 0 aliphatic heterocycles. The second kappa shape index (κ2) is 7.01. The van der Waals surface area contributed by atoms with Crippen molar-refractivity contribution in [2.24, 2.45) is 0 Å². The van der Waals surface area contributed by atoms with Crippen molar-refractivity contribution in [2.75, 3.05) is 0 Å². The van der Waals surface area contributed by atoms with Gasteiger partial charge in [0.25, 0.3) is 0 Å². The molecule has 3 nitrogen and oxygen atoms in total. The van der Waals surface area contributed by atoms with Crippen LogP contribution in [0.3, 0.4) is 0 Å². The molecule has 0 bridgehead atoms. The molecule has 0 aliphatic carbocycles. The minimum Gasteiger partial charge on any atom is -0.192 e. The van der Waals surface area contributed by atoms with Gasteiger partial charge in [0.05, 0.1) is 0 Å². The van der Waals surface area contributed by atoms with E-state index in [1.54, 1.807) is 0 Å². The number of hydrogen-bond donors (Lipinski definition) is 0. The zero-order valence-corrected chi connectivity index (χ0v) is 14.0. The van der Waals surface area contributed by atoms with Crippen molar-refractivity contribution in [3.05, 3.63) is 0 Å². The number of rotatable bonds is 8. The van der Waals surface area contributed by atoms with E-state index >= 15 is 0 Å². The van der Waals surface area contributed by atoms with Gasteiger partial charge in [-0.2, -0.15) is 83.1 Å². The lowest BCUT2D eigenvalue weighted by atomic mass is 9.91. The SMILES string of the molecule is O=S(=O)(C(F)(F)C(F)(F)C(F)(F)C(F)(F)C(F)(F)C(F)(F)C(F)(F)C(F)(F)F)[N+](F)(F)F. The van der Waals surface area contributed by atoms with Gasteiger partial charge in [0.15, 0.2) is 0 Å². The molecule has 0 atom stereocenters. The van der Waals surface area contributed by atoms with Crippen LogP contribution in [0.25, 0.3) is 0 Å². The lowest BCUT2D eigenvalue weighted by molar-refractivity contribution is -1.18. The summed E-state index contributed by atoms with van der Waals surface area (Å²) >= 11 is 0. The molecule has 0 N–H and O–H groups in total. The number of halogens is 20. The van der Waals surface area contributed by atoms with Crippen LogP contribution in [-0.4, -0.2) is 59.9 Å². The maximum Gasteiger partial charge on any atom is 0.481 e. The molecule has 0 unspecified atom stereocenters. The molecular formula is C8F20NO2S+. The third-order valence-corrected chi connectivity index (χ3v) is 4.74.